The molecule has 6 nitrogen and oxygen atoms in total. The molecule has 0 aliphatic heterocycles. The van der Waals surface area contributed by atoms with Crippen LogP contribution in [0.2, 0.25) is 0 Å². The van der Waals surface area contributed by atoms with E-state index < -0.39 is 0 Å². The van der Waals surface area contributed by atoms with Crippen LogP contribution in [0.3, 0.4) is 0 Å². The van der Waals surface area contributed by atoms with Gasteiger partial charge in [0.05, 0.1) is 10.9 Å². The molecule has 3 aromatic rings. The van der Waals surface area contributed by atoms with E-state index in [2.05, 4.69) is 15.3 Å². The van der Waals surface area contributed by atoms with E-state index >= 15 is 0 Å². The average Bonchev–Trinajstić information content (AvgIpc) is 2.72. The number of H-pyrrole nitrogens is 1. The van der Waals surface area contributed by atoms with E-state index in [1.807, 2.05) is 12.1 Å². The minimum atomic E-state index is -0.258. The lowest BCUT2D eigenvalue weighted by Gasteiger charge is -1.99. The maximum Gasteiger partial charge on any atom is 0.281 e. The van der Waals surface area contributed by atoms with E-state index in [0.717, 1.165) is 5.52 Å². The number of aromatic nitrogens is 4. The summed E-state index contributed by atoms with van der Waals surface area (Å²) in [7, 11) is 0. The molecule has 0 spiro atoms. The summed E-state index contributed by atoms with van der Waals surface area (Å²) < 4.78 is 1.67. The van der Waals surface area contributed by atoms with Gasteiger partial charge in [-0.2, -0.15) is 10.1 Å². The molecule has 0 unspecified atom stereocenters. The van der Waals surface area contributed by atoms with E-state index in [9.17, 15) is 4.79 Å². The fraction of sp³-hybridized carbons (Fsp3) is 0.100. The first-order valence-electron chi connectivity index (χ1n) is 4.86. The second kappa shape index (κ2) is 3.14. The molecule has 16 heavy (non-hydrogen) atoms. The largest absolute Gasteiger partial charge is 0.325 e. The summed E-state index contributed by atoms with van der Waals surface area (Å²) in [6.07, 6.45) is 0. The highest BCUT2D eigenvalue weighted by molar-refractivity contribution is 5.80. The van der Waals surface area contributed by atoms with Crippen molar-refractivity contribution in [3.63, 3.8) is 0 Å². The zero-order valence-corrected chi connectivity index (χ0v) is 8.34. The number of nitrogens with two attached hydrogens (primary N) is 1. The number of fused-ring (bicyclic) bond motifs is 3. The predicted molar refractivity (Wildman–Crippen MR) is 59.0 cm³/mol. The van der Waals surface area contributed by atoms with Crippen LogP contribution < -0.4 is 11.3 Å². The lowest BCUT2D eigenvalue weighted by atomic mass is 10.2. The Hall–Kier alpha value is -2.21. The van der Waals surface area contributed by atoms with Crippen molar-refractivity contribution in [2.45, 2.75) is 6.54 Å². The summed E-state index contributed by atoms with van der Waals surface area (Å²) in [4.78, 5) is 15.7. The molecule has 0 radical (unpaired) electrons. The van der Waals surface area contributed by atoms with Crippen LogP contribution in [0.15, 0.2) is 29.1 Å². The van der Waals surface area contributed by atoms with Crippen molar-refractivity contribution in [3.05, 3.63) is 40.3 Å². The van der Waals surface area contributed by atoms with Crippen LogP contribution in [0.1, 0.15) is 5.69 Å². The monoisotopic (exact) mass is 215 g/mol. The van der Waals surface area contributed by atoms with Gasteiger partial charge in [-0.25, -0.2) is 9.73 Å². The predicted octanol–water partition coefficient (Wildman–Crippen LogP) is 0.0295. The molecule has 0 aliphatic carbocycles. The summed E-state index contributed by atoms with van der Waals surface area (Å²) in [6.45, 7) is 0.248. The Morgan fingerprint density at radius 2 is 2.19 bits per heavy atom. The third-order valence-corrected chi connectivity index (χ3v) is 2.53. The molecule has 0 fully saturated rings. The second-order valence-corrected chi connectivity index (χ2v) is 3.46. The van der Waals surface area contributed by atoms with Gasteiger partial charge in [0.1, 0.15) is 5.69 Å². The molecule has 2 aromatic heterocycles. The molecule has 0 bridgehead atoms. The minimum absolute atomic E-state index is 0.248. The highest BCUT2D eigenvalue weighted by Crippen LogP contribution is 2.11. The average molecular weight is 215 g/mol. The van der Waals surface area contributed by atoms with Crippen LogP contribution in [0.5, 0.6) is 0 Å². The Morgan fingerprint density at radius 1 is 1.38 bits per heavy atom. The van der Waals surface area contributed by atoms with Crippen LogP contribution in [0.4, 0.5) is 0 Å². The lowest BCUT2D eigenvalue weighted by molar-refractivity contribution is 0.854. The molecule has 0 amide bonds. The van der Waals surface area contributed by atoms with Crippen molar-refractivity contribution in [2.24, 2.45) is 5.73 Å². The standard InChI is InChI=1S/C10H9N5O/c11-5-7-9-12-10(16)6-3-1-2-4-8(6)15(9)14-13-7/h1-4,14H,5,11H2. The zero-order chi connectivity index (χ0) is 11.1. The third-order valence-electron chi connectivity index (χ3n) is 2.53. The highest BCUT2D eigenvalue weighted by atomic mass is 16.1. The summed E-state index contributed by atoms with van der Waals surface area (Å²) in [5.74, 6) is 0. The number of aromatic amines is 1. The van der Waals surface area contributed by atoms with E-state index in [0.29, 0.717) is 16.7 Å². The van der Waals surface area contributed by atoms with E-state index in [1.54, 1.807) is 16.6 Å². The maximum atomic E-state index is 11.8. The Labute approximate surface area is 89.7 Å². The molecule has 80 valence electrons. The first-order valence-corrected chi connectivity index (χ1v) is 4.86. The van der Waals surface area contributed by atoms with Crippen molar-refractivity contribution >= 4 is 16.6 Å². The van der Waals surface area contributed by atoms with Crippen LogP contribution in [-0.2, 0) is 6.54 Å². The van der Waals surface area contributed by atoms with Gasteiger partial charge < -0.3 is 5.73 Å². The fourth-order valence-electron chi connectivity index (χ4n) is 1.76. The lowest BCUT2D eigenvalue weighted by Crippen LogP contribution is -2.11. The first kappa shape index (κ1) is 9.05. The summed E-state index contributed by atoms with van der Waals surface area (Å²) in [6, 6.07) is 7.24. The van der Waals surface area contributed by atoms with Crippen LogP contribution in [0, 0.1) is 0 Å². The number of nitrogens with zero attached hydrogens (tertiary/aromatic N) is 3. The van der Waals surface area contributed by atoms with Gasteiger partial charge in [-0.3, -0.25) is 4.79 Å². The van der Waals surface area contributed by atoms with Crippen molar-refractivity contribution in [2.75, 3.05) is 0 Å². The van der Waals surface area contributed by atoms with E-state index in [4.69, 9.17) is 5.73 Å². The molecule has 3 N–H and O–H groups in total. The number of hydrogen-bond donors (Lipinski definition) is 2. The summed E-state index contributed by atoms with van der Waals surface area (Å²) in [5.41, 5.74) is 7.09. The Kier molecular flexibility index (Phi) is 1.78. The smallest absolute Gasteiger partial charge is 0.281 e. The van der Waals surface area contributed by atoms with Crippen molar-refractivity contribution in [3.8, 4) is 0 Å². The van der Waals surface area contributed by atoms with Crippen LogP contribution >= 0.6 is 0 Å². The molecule has 0 saturated heterocycles. The third kappa shape index (κ3) is 1.07. The van der Waals surface area contributed by atoms with Gasteiger partial charge in [-0.1, -0.05) is 12.1 Å². The van der Waals surface area contributed by atoms with Crippen molar-refractivity contribution in [1.29, 1.82) is 0 Å². The number of para-hydroxylation sites is 1. The Balaban J connectivity index is 2.60. The molecule has 0 aliphatic rings. The fourth-order valence-corrected chi connectivity index (χ4v) is 1.76. The molecular formula is C10H9N5O. The van der Waals surface area contributed by atoms with Gasteiger partial charge in [0.15, 0.2) is 5.65 Å². The topological polar surface area (TPSA) is 89.1 Å². The molecule has 0 atom stereocenters. The quantitative estimate of drug-likeness (QED) is 0.599. The van der Waals surface area contributed by atoms with E-state index in [1.165, 1.54) is 0 Å². The molecule has 3 rings (SSSR count). The van der Waals surface area contributed by atoms with Crippen molar-refractivity contribution < 1.29 is 0 Å². The minimum Gasteiger partial charge on any atom is -0.325 e. The van der Waals surface area contributed by atoms with Gasteiger partial charge in [-0.05, 0) is 12.1 Å². The molecule has 1 aromatic carbocycles. The zero-order valence-electron chi connectivity index (χ0n) is 8.34. The van der Waals surface area contributed by atoms with Crippen LogP contribution in [0.25, 0.3) is 16.6 Å². The number of rotatable bonds is 1. The van der Waals surface area contributed by atoms with Gasteiger partial charge in [-0.15, -0.1) is 0 Å². The van der Waals surface area contributed by atoms with Gasteiger partial charge >= 0.3 is 0 Å². The Bertz CT molecular complexity index is 727. The number of benzene rings is 1. The first-order chi connectivity index (χ1) is 7.81. The number of nitrogens with one attached hydrogen (secondary N) is 1. The molecular weight excluding hydrogens is 206 g/mol. The summed E-state index contributed by atoms with van der Waals surface area (Å²) in [5, 5.41) is 7.37. The second-order valence-electron chi connectivity index (χ2n) is 3.46. The summed E-state index contributed by atoms with van der Waals surface area (Å²) >= 11 is 0. The van der Waals surface area contributed by atoms with E-state index in [-0.39, 0.29) is 12.1 Å². The normalized spacial score (nSPS) is 11.3. The van der Waals surface area contributed by atoms with Gasteiger partial charge in [0.2, 0.25) is 0 Å². The van der Waals surface area contributed by atoms with Gasteiger partial charge in [0, 0.05) is 6.54 Å². The number of hydrogen-bond acceptors (Lipinski definition) is 4. The van der Waals surface area contributed by atoms with Gasteiger partial charge in [0.25, 0.3) is 5.56 Å². The van der Waals surface area contributed by atoms with Crippen LogP contribution in [-0.4, -0.2) is 19.8 Å². The molecule has 2 heterocycles. The molecule has 0 saturated carbocycles. The SMILES string of the molecule is NCc1n[nH]n2c1nc(=O)c1ccccc12. The maximum absolute atomic E-state index is 11.8. The highest BCUT2D eigenvalue weighted by Gasteiger charge is 2.09. The van der Waals surface area contributed by atoms with Crippen molar-refractivity contribution in [1.82, 2.24) is 19.8 Å². The molecule has 6 heteroatoms. The Morgan fingerprint density at radius 3 is 3.00 bits per heavy atom.